The summed E-state index contributed by atoms with van der Waals surface area (Å²) in [5.74, 6) is -0.237. The number of aryl methyl sites for hydroxylation is 1. The van der Waals surface area contributed by atoms with E-state index in [1.165, 1.54) is 6.07 Å². The quantitative estimate of drug-likeness (QED) is 0.795. The van der Waals surface area contributed by atoms with Gasteiger partial charge in [-0.1, -0.05) is 13.8 Å². The van der Waals surface area contributed by atoms with Crippen LogP contribution in [-0.4, -0.2) is 13.1 Å². The van der Waals surface area contributed by atoms with Crippen molar-refractivity contribution in [1.82, 2.24) is 0 Å². The minimum Gasteiger partial charge on any atom is -0.397 e. The lowest BCUT2D eigenvalue weighted by molar-refractivity contribution is 0.589. The monoisotopic (exact) mass is 224 g/mol. The van der Waals surface area contributed by atoms with Crippen LogP contribution in [0.15, 0.2) is 12.1 Å². The van der Waals surface area contributed by atoms with Crippen molar-refractivity contribution in [1.29, 1.82) is 0 Å². The van der Waals surface area contributed by atoms with Crippen LogP contribution in [0.1, 0.15) is 32.3 Å². The first-order valence-electron chi connectivity index (χ1n) is 5.79. The molecule has 0 aliphatic rings. The molecular formula is C13H21FN2. The molecule has 1 aromatic carbocycles. The molecule has 0 spiro atoms. The third-order valence-electron chi connectivity index (χ3n) is 3.18. The average Bonchev–Trinajstić information content (AvgIpc) is 2.25. The van der Waals surface area contributed by atoms with Crippen LogP contribution in [0.25, 0.3) is 0 Å². The molecule has 2 N–H and O–H groups in total. The number of benzene rings is 1. The van der Waals surface area contributed by atoms with Gasteiger partial charge >= 0.3 is 0 Å². The molecule has 0 atom stereocenters. The first kappa shape index (κ1) is 12.8. The summed E-state index contributed by atoms with van der Waals surface area (Å²) in [7, 11) is 2.01. The summed E-state index contributed by atoms with van der Waals surface area (Å²) in [5, 5.41) is 0. The Balaban J connectivity index is 3.07. The number of hydrogen-bond donors (Lipinski definition) is 1. The van der Waals surface area contributed by atoms with Crippen molar-refractivity contribution < 1.29 is 4.39 Å². The average molecular weight is 224 g/mol. The van der Waals surface area contributed by atoms with E-state index in [0.717, 1.165) is 18.5 Å². The van der Waals surface area contributed by atoms with Crippen molar-refractivity contribution >= 4 is 11.4 Å². The topological polar surface area (TPSA) is 29.3 Å². The third kappa shape index (κ3) is 2.46. The molecule has 3 heteroatoms. The Bertz CT molecular complexity index is 359. The lowest BCUT2D eigenvalue weighted by atomic mass is 10.1. The van der Waals surface area contributed by atoms with E-state index in [2.05, 4.69) is 18.7 Å². The Labute approximate surface area is 97.3 Å². The fourth-order valence-electron chi connectivity index (χ4n) is 2.02. The second-order valence-corrected chi connectivity index (χ2v) is 4.24. The number of nitrogens with two attached hydrogens (primary N) is 1. The molecule has 0 aliphatic carbocycles. The van der Waals surface area contributed by atoms with E-state index < -0.39 is 0 Å². The predicted molar refractivity (Wildman–Crippen MR) is 68.3 cm³/mol. The van der Waals surface area contributed by atoms with Gasteiger partial charge < -0.3 is 10.6 Å². The van der Waals surface area contributed by atoms with Gasteiger partial charge in [0.1, 0.15) is 5.82 Å². The maximum atomic E-state index is 13.3. The van der Waals surface area contributed by atoms with E-state index >= 15 is 0 Å². The number of halogens is 1. The van der Waals surface area contributed by atoms with Gasteiger partial charge in [0.2, 0.25) is 0 Å². The van der Waals surface area contributed by atoms with Gasteiger partial charge in [0.15, 0.2) is 0 Å². The summed E-state index contributed by atoms with van der Waals surface area (Å²) < 4.78 is 13.3. The van der Waals surface area contributed by atoms with Crippen LogP contribution in [-0.2, 0) is 0 Å². The van der Waals surface area contributed by atoms with E-state index in [-0.39, 0.29) is 5.82 Å². The fourth-order valence-corrected chi connectivity index (χ4v) is 2.02. The number of anilines is 2. The summed E-state index contributed by atoms with van der Waals surface area (Å²) in [5.41, 5.74) is 7.93. The van der Waals surface area contributed by atoms with Gasteiger partial charge in [0.25, 0.3) is 0 Å². The lowest BCUT2D eigenvalue weighted by Crippen LogP contribution is -2.31. The van der Waals surface area contributed by atoms with Crippen molar-refractivity contribution in [2.75, 3.05) is 17.7 Å². The van der Waals surface area contributed by atoms with Gasteiger partial charge in [0.05, 0.1) is 11.4 Å². The molecule has 1 aromatic rings. The van der Waals surface area contributed by atoms with Gasteiger partial charge in [-0.15, -0.1) is 0 Å². The molecule has 0 aromatic heterocycles. The van der Waals surface area contributed by atoms with Crippen molar-refractivity contribution in [3.8, 4) is 0 Å². The normalized spacial score (nSPS) is 10.9. The van der Waals surface area contributed by atoms with E-state index in [0.29, 0.717) is 17.3 Å². The molecule has 2 nitrogen and oxygen atoms in total. The number of rotatable bonds is 4. The first-order chi connectivity index (χ1) is 7.51. The first-order valence-corrected chi connectivity index (χ1v) is 5.79. The second-order valence-electron chi connectivity index (χ2n) is 4.24. The molecule has 0 fully saturated rings. The second kappa shape index (κ2) is 5.19. The van der Waals surface area contributed by atoms with Crippen LogP contribution in [0.2, 0.25) is 0 Å². The zero-order chi connectivity index (χ0) is 12.3. The summed E-state index contributed by atoms with van der Waals surface area (Å²) in [6.45, 7) is 6.06. The highest BCUT2D eigenvalue weighted by Gasteiger charge is 2.15. The molecule has 0 unspecified atom stereocenters. The van der Waals surface area contributed by atoms with E-state index in [4.69, 9.17) is 5.73 Å². The minimum atomic E-state index is -0.237. The molecule has 16 heavy (non-hydrogen) atoms. The van der Waals surface area contributed by atoms with Crippen LogP contribution in [0.5, 0.6) is 0 Å². The molecule has 0 amide bonds. The SMILES string of the molecule is CCC(CC)N(C)c1cc(C)c(F)cc1N. The maximum Gasteiger partial charge on any atom is 0.128 e. The van der Waals surface area contributed by atoms with Gasteiger partial charge in [-0.3, -0.25) is 0 Å². The van der Waals surface area contributed by atoms with E-state index in [1.54, 1.807) is 6.92 Å². The van der Waals surface area contributed by atoms with Gasteiger partial charge in [0, 0.05) is 13.1 Å². The van der Waals surface area contributed by atoms with E-state index in [1.807, 2.05) is 13.1 Å². The van der Waals surface area contributed by atoms with E-state index in [9.17, 15) is 4.39 Å². The minimum absolute atomic E-state index is 0.237. The molecular weight excluding hydrogens is 203 g/mol. The largest absolute Gasteiger partial charge is 0.397 e. The zero-order valence-corrected chi connectivity index (χ0v) is 10.5. The molecule has 0 heterocycles. The van der Waals surface area contributed by atoms with Crippen molar-refractivity contribution in [2.24, 2.45) is 0 Å². The highest BCUT2D eigenvalue weighted by Crippen LogP contribution is 2.28. The Morgan fingerprint density at radius 3 is 2.38 bits per heavy atom. The number of nitrogens with zero attached hydrogens (tertiary/aromatic N) is 1. The van der Waals surface area contributed by atoms with Crippen molar-refractivity contribution in [3.63, 3.8) is 0 Å². The van der Waals surface area contributed by atoms with Gasteiger partial charge in [-0.25, -0.2) is 4.39 Å². The van der Waals surface area contributed by atoms with Gasteiger partial charge in [-0.05, 0) is 37.5 Å². The molecule has 90 valence electrons. The molecule has 1 rings (SSSR count). The molecule has 0 saturated heterocycles. The summed E-state index contributed by atoms with van der Waals surface area (Å²) >= 11 is 0. The zero-order valence-electron chi connectivity index (χ0n) is 10.5. The highest BCUT2D eigenvalue weighted by molar-refractivity contribution is 5.68. The number of nitrogen functional groups attached to an aromatic ring is 1. The Morgan fingerprint density at radius 2 is 1.88 bits per heavy atom. The molecule has 0 radical (unpaired) electrons. The molecule has 0 bridgehead atoms. The molecule has 0 aliphatic heterocycles. The predicted octanol–water partition coefficient (Wildman–Crippen LogP) is 3.34. The molecule has 0 saturated carbocycles. The standard InChI is InChI=1S/C13H21FN2/c1-5-10(6-2)16(4)13-7-9(3)11(14)8-12(13)15/h7-8,10H,5-6,15H2,1-4H3. The van der Waals surface area contributed by atoms with Crippen LogP contribution in [0.3, 0.4) is 0 Å². The Kier molecular flexibility index (Phi) is 4.16. The summed E-state index contributed by atoms with van der Waals surface area (Å²) in [6.07, 6.45) is 2.12. The summed E-state index contributed by atoms with van der Waals surface area (Å²) in [4.78, 5) is 2.14. The third-order valence-corrected chi connectivity index (χ3v) is 3.18. The smallest absolute Gasteiger partial charge is 0.128 e. The highest BCUT2D eigenvalue weighted by atomic mass is 19.1. The van der Waals surface area contributed by atoms with Gasteiger partial charge in [-0.2, -0.15) is 0 Å². The fraction of sp³-hybridized carbons (Fsp3) is 0.538. The van der Waals surface area contributed by atoms with Crippen molar-refractivity contribution in [3.05, 3.63) is 23.5 Å². The van der Waals surface area contributed by atoms with Crippen LogP contribution >= 0.6 is 0 Å². The van der Waals surface area contributed by atoms with Crippen LogP contribution in [0, 0.1) is 12.7 Å². The number of hydrogen-bond acceptors (Lipinski definition) is 2. The maximum absolute atomic E-state index is 13.3. The lowest BCUT2D eigenvalue weighted by Gasteiger charge is -2.29. The van der Waals surface area contributed by atoms with Crippen LogP contribution in [0.4, 0.5) is 15.8 Å². The Morgan fingerprint density at radius 1 is 1.31 bits per heavy atom. The van der Waals surface area contributed by atoms with Crippen LogP contribution < -0.4 is 10.6 Å². The summed E-state index contributed by atoms with van der Waals surface area (Å²) in [6, 6.07) is 3.68. The Hall–Kier alpha value is -1.25. The van der Waals surface area contributed by atoms with Crippen molar-refractivity contribution in [2.45, 2.75) is 39.7 Å².